The van der Waals surface area contributed by atoms with Gasteiger partial charge in [0, 0.05) is 23.3 Å². The normalized spacial score (nSPS) is 11.1. The van der Waals surface area contributed by atoms with E-state index < -0.39 is 0 Å². The molecule has 7 heteroatoms. The highest BCUT2D eigenvalue weighted by molar-refractivity contribution is 7.99. The van der Waals surface area contributed by atoms with Gasteiger partial charge < -0.3 is 9.30 Å². The van der Waals surface area contributed by atoms with Crippen molar-refractivity contribution in [1.29, 1.82) is 0 Å². The maximum atomic E-state index is 13.6. The number of esters is 1. The summed E-state index contributed by atoms with van der Waals surface area (Å²) in [6, 6.07) is 12.3. The van der Waals surface area contributed by atoms with Gasteiger partial charge in [0.2, 0.25) is 0 Å². The zero-order valence-electron chi connectivity index (χ0n) is 15.0. The number of carbonyl (C=O) groups is 1. The van der Waals surface area contributed by atoms with Crippen molar-refractivity contribution in [3.8, 4) is 0 Å². The third-order valence-electron chi connectivity index (χ3n) is 3.99. The molecule has 0 saturated carbocycles. The van der Waals surface area contributed by atoms with Gasteiger partial charge in [-0.1, -0.05) is 35.5 Å². The molecule has 0 amide bonds. The second kappa shape index (κ2) is 9.24. The zero-order chi connectivity index (χ0) is 19.2. The Hall–Kier alpha value is -2.05. The van der Waals surface area contributed by atoms with Crippen molar-refractivity contribution in [1.82, 2.24) is 9.55 Å². The van der Waals surface area contributed by atoms with Crippen molar-refractivity contribution in [2.24, 2.45) is 0 Å². The number of benzene rings is 2. The minimum atomic E-state index is -0.308. The number of fused-ring (bicyclic) bond motifs is 1. The molecule has 3 rings (SSSR count). The average molecular weight is 407 g/mol. The molecule has 0 bridgehead atoms. The van der Waals surface area contributed by atoms with E-state index in [4.69, 9.17) is 16.3 Å². The van der Waals surface area contributed by atoms with Crippen molar-refractivity contribution >= 4 is 40.4 Å². The molecule has 3 aromatic rings. The Morgan fingerprint density at radius 3 is 2.78 bits per heavy atom. The van der Waals surface area contributed by atoms with Gasteiger partial charge in [-0.05, 0) is 43.2 Å². The van der Waals surface area contributed by atoms with Crippen molar-refractivity contribution < 1.29 is 13.9 Å². The van der Waals surface area contributed by atoms with Crippen LogP contribution in [-0.2, 0) is 16.1 Å². The molecule has 27 heavy (non-hydrogen) atoms. The predicted octanol–water partition coefficient (Wildman–Crippen LogP) is 5.31. The van der Waals surface area contributed by atoms with Gasteiger partial charge in [0.05, 0.1) is 24.2 Å². The van der Waals surface area contributed by atoms with Crippen LogP contribution in [0.5, 0.6) is 0 Å². The Labute approximate surface area is 166 Å². The van der Waals surface area contributed by atoms with Crippen molar-refractivity contribution in [2.45, 2.75) is 31.5 Å². The van der Waals surface area contributed by atoms with Crippen LogP contribution in [0.4, 0.5) is 4.39 Å². The molecule has 4 nitrogen and oxygen atoms in total. The first kappa shape index (κ1) is 19.7. The molecule has 2 aromatic carbocycles. The molecule has 0 N–H and O–H groups in total. The fourth-order valence-electron chi connectivity index (χ4n) is 2.73. The summed E-state index contributed by atoms with van der Waals surface area (Å²) in [5.74, 6) is 0.234. The van der Waals surface area contributed by atoms with Gasteiger partial charge in [0.15, 0.2) is 5.16 Å². The lowest BCUT2D eigenvalue weighted by atomic mass is 10.2. The van der Waals surface area contributed by atoms with Crippen LogP contribution >= 0.6 is 23.4 Å². The SMILES string of the molecule is CCOC(=O)CCCSc1nc2cc(F)ccc2n1Cc1ccc(Cl)cc1. The molecule has 0 aliphatic rings. The van der Waals surface area contributed by atoms with Gasteiger partial charge in [-0.15, -0.1) is 0 Å². The van der Waals surface area contributed by atoms with Crippen LogP contribution in [-0.4, -0.2) is 27.9 Å². The molecular weight excluding hydrogens is 387 g/mol. The summed E-state index contributed by atoms with van der Waals surface area (Å²) in [5, 5.41) is 1.49. The Balaban J connectivity index is 1.78. The fourth-order valence-corrected chi connectivity index (χ4v) is 3.81. The van der Waals surface area contributed by atoms with Gasteiger partial charge in [0.1, 0.15) is 5.82 Å². The molecular formula is C20H20ClFN2O2S. The molecule has 0 spiro atoms. The molecule has 0 aliphatic carbocycles. The molecule has 0 atom stereocenters. The van der Waals surface area contributed by atoms with Gasteiger partial charge >= 0.3 is 5.97 Å². The molecule has 0 saturated heterocycles. The number of thioether (sulfide) groups is 1. The number of imidazole rings is 1. The van der Waals surface area contributed by atoms with E-state index in [0.717, 1.165) is 22.0 Å². The summed E-state index contributed by atoms with van der Waals surface area (Å²) in [6.07, 6.45) is 1.08. The lowest BCUT2D eigenvalue weighted by Gasteiger charge is -2.09. The van der Waals surface area contributed by atoms with E-state index in [0.29, 0.717) is 36.5 Å². The molecule has 142 valence electrons. The number of rotatable bonds is 8. The summed E-state index contributed by atoms with van der Waals surface area (Å²) in [5.41, 5.74) is 2.58. The maximum absolute atomic E-state index is 13.6. The number of ether oxygens (including phenoxy) is 1. The number of hydrogen-bond acceptors (Lipinski definition) is 4. The summed E-state index contributed by atoms with van der Waals surface area (Å²) in [4.78, 5) is 16.0. The van der Waals surface area contributed by atoms with E-state index >= 15 is 0 Å². The average Bonchev–Trinajstić information content (AvgIpc) is 2.97. The highest BCUT2D eigenvalue weighted by Gasteiger charge is 2.13. The first-order valence-corrected chi connectivity index (χ1v) is 10.1. The van der Waals surface area contributed by atoms with Crippen LogP contribution in [0.2, 0.25) is 5.02 Å². The summed E-state index contributed by atoms with van der Waals surface area (Å²) in [7, 11) is 0. The van der Waals surface area contributed by atoms with Crippen LogP contribution in [0.1, 0.15) is 25.3 Å². The summed E-state index contributed by atoms with van der Waals surface area (Å²) < 4.78 is 20.6. The van der Waals surface area contributed by atoms with E-state index in [1.165, 1.54) is 12.1 Å². The predicted molar refractivity (Wildman–Crippen MR) is 107 cm³/mol. The van der Waals surface area contributed by atoms with Crippen molar-refractivity contribution in [3.63, 3.8) is 0 Å². The first-order chi connectivity index (χ1) is 13.1. The van der Waals surface area contributed by atoms with Gasteiger partial charge in [-0.2, -0.15) is 0 Å². The van der Waals surface area contributed by atoms with Gasteiger partial charge in [0.25, 0.3) is 0 Å². The summed E-state index contributed by atoms with van der Waals surface area (Å²) >= 11 is 7.52. The Morgan fingerprint density at radius 1 is 1.26 bits per heavy atom. The van der Waals surface area contributed by atoms with Crippen LogP contribution in [0.3, 0.4) is 0 Å². The highest BCUT2D eigenvalue weighted by atomic mass is 35.5. The third kappa shape index (κ3) is 5.23. The Bertz CT molecular complexity index is 928. The number of hydrogen-bond donors (Lipinski definition) is 0. The fraction of sp³-hybridized carbons (Fsp3) is 0.300. The van der Waals surface area contributed by atoms with Crippen LogP contribution < -0.4 is 0 Å². The second-order valence-corrected chi connectivity index (χ2v) is 7.50. The third-order valence-corrected chi connectivity index (χ3v) is 5.31. The smallest absolute Gasteiger partial charge is 0.305 e. The molecule has 0 aliphatic heterocycles. The van der Waals surface area contributed by atoms with Crippen LogP contribution in [0.15, 0.2) is 47.6 Å². The molecule has 0 fully saturated rings. The first-order valence-electron chi connectivity index (χ1n) is 8.75. The standard InChI is InChI=1S/C20H20ClFN2O2S/c1-2-26-19(25)4-3-11-27-20-23-17-12-16(22)9-10-18(17)24(20)13-14-5-7-15(21)8-6-14/h5-10,12H,2-4,11,13H2,1H3. The molecule has 1 heterocycles. The topological polar surface area (TPSA) is 44.1 Å². The molecule has 0 radical (unpaired) electrons. The highest BCUT2D eigenvalue weighted by Crippen LogP contribution is 2.27. The number of carbonyl (C=O) groups excluding carboxylic acids is 1. The molecule has 1 aromatic heterocycles. The second-order valence-electron chi connectivity index (χ2n) is 6.00. The number of halogens is 2. The van der Waals surface area contributed by atoms with Gasteiger partial charge in [-0.25, -0.2) is 9.37 Å². The number of aromatic nitrogens is 2. The minimum Gasteiger partial charge on any atom is -0.466 e. The summed E-state index contributed by atoms with van der Waals surface area (Å²) in [6.45, 7) is 2.80. The van der Waals surface area contributed by atoms with E-state index in [1.807, 2.05) is 24.3 Å². The van der Waals surface area contributed by atoms with Gasteiger partial charge in [-0.3, -0.25) is 4.79 Å². The lowest BCUT2D eigenvalue weighted by Crippen LogP contribution is -2.04. The monoisotopic (exact) mass is 406 g/mol. The molecule has 0 unspecified atom stereocenters. The largest absolute Gasteiger partial charge is 0.466 e. The van der Waals surface area contributed by atoms with Crippen LogP contribution in [0, 0.1) is 5.82 Å². The van der Waals surface area contributed by atoms with Crippen LogP contribution in [0.25, 0.3) is 11.0 Å². The Morgan fingerprint density at radius 2 is 2.04 bits per heavy atom. The van der Waals surface area contributed by atoms with Crippen molar-refractivity contribution in [3.05, 3.63) is 58.9 Å². The quantitative estimate of drug-likeness (QED) is 0.289. The van der Waals surface area contributed by atoms with E-state index in [9.17, 15) is 9.18 Å². The zero-order valence-corrected chi connectivity index (χ0v) is 16.5. The number of nitrogens with zero attached hydrogens (tertiary/aromatic N) is 2. The lowest BCUT2D eigenvalue weighted by molar-refractivity contribution is -0.143. The maximum Gasteiger partial charge on any atom is 0.305 e. The van der Waals surface area contributed by atoms with E-state index in [-0.39, 0.29) is 11.8 Å². The minimum absolute atomic E-state index is 0.185. The Kier molecular flexibility index (Phi) is 6.74. The van der Waals surface area contributed by atoms with E-state index in [2.05, 4.69) is 9.55 Å². The van der Waals surface area contributed by atoms with E-state index in [1.54, 1.807) is 24.8 Å². The van der Waals surface area contributed by atoms with Crippen molar-refractivity contribution in [2.75, 3.05) is 12.4 Å².